The van der Waals surface area contributed by atoms with Gasteiger partial charge in [-0.3, -0.25) is 14.4 Å². The first-order valence-corrected chi connectivity index (χ1v) is 17.8. The van der Waals surface area contributed by atoms with Crippen LogP contribution in [0.15, 0.2) is 49.6 Å². The Morgan fingerprint density at radius 2 is 1.73 bits per heavy atom. The molecule has 9 heteroatoms. The number of rotatable bonds is 19. The number of ether oxygens (including phenoxy) is 1. The van der Waals surface area contributed by atoms with E-state index in [-0.39, 0.29) is 35.6 Å². The van der Waals surface area contributed by atoms with Gasteiger partial charge in [0.05, 0.1) is 23.2 Å². The molecule has 1 aromatic rings. The van der Waals surface area contributed by atoms with E-state index in [4.69, 9.17) is 4.74 Å². The molecule has 1 N–H and O–H groups in total. The fraction of sp³-hybridized carbons (Fsp3) is 0.639. The third-order valence-corrected chi connectivity index (χ3v) is 12.0. The van der Waals surface area contributed by atoms with E-state index in [1.165, 1.54) is 0 Å². The Labute approximate surface area is 274 Å². The van der Waals surface area contributed by atoms with E-state index in [2.05, 4.69) is 38.8 Å². The van der Waals surface area contributed by atoms with Crippen LogP contribution in [0.4, 0.5) is 11.4 Å². The Balaban J connectivity index is 1.66. The van der Waals surface area contributed by atoms with Gasteiger partial charge in [0.15, 0.2) is 0 Å². The van der Waals surface area contributed by atoms with Gasteiger partial charge in [-0.25, -0.2) is 0 Å². The molecule has 1 spiro atoms. The number of thioether (sulfide) groups is 1. The van der Waals surface area contributed by atoms with Gasteiger partial charge in [-0.15, -0.1) is 24.9 Å². The van der Waals surface area contributed by atoms with Crippen LogP contribution in [0.2, 0.25) is 0 Å². The highest BCUT2D eigenvalue weighted by molar-refractivity contribution is 8.02. The van der Waals surface area contributed by atoms with Gasteiger partial charge in [0, 0.05) is 49.4 Å². The molecule has 1 aromatic carbocycles. The molecular weight excluding hydrogens is 586 g/mol. The van der Waals surface area contributed by atoms with Gasteiger partial charge in [0.25, 0.3) is 5.91 Å². The predicted octanol–water partition coefficient (Wildman–Crippen LogP) is 5.84. The van der Waals surface area contributed by atoms with Crippen LogP contribution in [0.3, 0.4) is 0 Å². The number of aliphatic hydroxyl groups is 1. The highest BCUT2D eigenvalue weighted by Gasteiger charge is 2.76. The first-order chi connectivity index (χ1) is 21.8. The van der Waals surface area contributed by atoms with Crippen LogP contribution in [0.5, 0.6) is 0 Å². The first kappa shape index (κ1) is 35.1. The highest BCUT2D eigenvalue weighted by Crippen LogP contribution is 2.68. The second-order valence-electron chi connectivity index (χ2n) is 12.6. The number of hydrogen-bond donors (Lipinski definition) is 1. The number of hydrogen-bond acceptors (Lipinski definition) is 7. The van der Waals surface area contributed by atoms with E-state index < -0.39 is 22.6 Å². The zero-order valence-corrected chi connectivity index (χ0v) is 28.3. The third kappa shape index (κ3) is 6.99. The molecule has 3 heterocycles. The second-order valence-corrected chi connectivity index (χ2v) is 14.1. The van der Waals surface area contributed by atoms with Crippen LogP contribution in [0.1, 0.15) is 72.1 Å². The second kappa shape index (κ2) is 16.2. The Kier molecular flexibility index (Phi) is 12.6. The van der Waals surface area contributed by atoms with Crippen molar-refractivity contribution in [2.45, 2.75) is 88.2 Å². The summed E-state index contributed by atoms with van der Waals surface area (Å²) in [6, 6.07) is 7.37. The SMILES string of the molecule is C=CCCCCOC(=O)[C@@H]1[C@H]2C(=O)N(CCCCCCO)C(C(=O)N(CC=C)c3ccc(N(CC)CC)cc3)C23S[C@@H]1CC3C. The average molecular weight is 640 g/mol. The smallest absolute Gasteiger partial charge is 0.310 e. The number of likely N-dealkylation sites (tertiary alicyclic amines) is 1. The van der Waals surface area contributed by atoms with Crippen molar-refractivity contribution in [3.05, 3.63) is 49.6 Å². The fourth-order valence-corrected chi connectivity index (χ4v) is 10.2. The summed E-state index contributed by atoms with van der Waals surface area (Å²) in [5.74, 6) is -1.56. The van der Waals surface area contributed by atoms with Crippen LogP contribution in [-0.4, -0.2) is 83.2 Å². The molecule has 2 amide bonds. The summed E-state index contributed by atoms with van der Waals surface area (Å²) in [5, 5.41) is 9.20. The van der Waals surface area contributed by atoms with Crippen LogP contribution in [0.25, 0.3) is 0 Å². The summed E-state index contributed by atoms with van der Waals surface area (Å²) < 4.78 is 5.08. The molecule has 0 saturated carbocycles. The summed E-state index contributed by atoms with van der Waals surface area (Å²) >= 11 is 1.69. The maximum atomic E-state index is 14.9. The zero-order chi connectivity index (χ0) is 32.6. The average Bonchev–Trinajstić information content (AvgIpc) is 3.63. The zero-order valence-electron chi connectivity index (χ0n) is 27.5. The molecule has 3 saturated heterocycles. The van der Waals surface area contributed by atoms with Crippen molar-refractivity contribution in [1.82, 2.24) is 4.90 Å². The van der Waals surface area contributed by atoms with E-state index in [9.17, 15) is 19.5 Å². The van der Waals surface area contributed by atoms with Gasteiger partial charge in [0.1, 0.15) is 6.04 Å². The molecule has 3 aliphatic rings. The third-order valence-electron chi connectivity index (χ3n) is 9.97. The number of amides is 2. The summed E-state index contributed by atoms with van der Waals surface area (Å²) in [6.07, 6.45) is 10.1. The van der Waals surface area contributed by atoms with Gasteiger partial charge in [-0.05, 0) is 82.6 Å². The lowest BCUT2D eigenvalue weighted by molar-refractivity contribution is -0.154. The van der Waals surface area contributed by atoms with Crippen molar-refractivity contribution < 1.29 is 24.2 Å². The van der Waals surface area contributed by atoms with Crippen LogP contribution in [-0.2, 0) is 19.1 Å². The Bertz CT molecular complexity index is 1190. The number of nitrogens with zero attached hydrogens (tertiary/aromatic N) is 3. The van der Waals surface area contributed by atoms with Crippen molar-refractivity contribution in [3.63, 3.8) is 0 Å². The minimum Gasteiger partial charge on any atom is -0.465 e. The summed E-state index contributed by atoms with van der Waals surface area (Å²) in [7, 11) is 0. The molecule has 2 bridgehead atoms. The molecule has 0 aliphatic carbocycles. The molecule has 3 aliphatic heterocycles. The van der Waals surface area contributed by atoms with E-state index in [1.807, 2.05) is 30.3 Å². The van der Waals surface area contributed by atoms with Gasteiger partial charge < -0.3 is 24.5 Å². The van der Waals surface area contributed by atoms with Crippen LogP contribution < -0.4 is 9.80 Å². The van der Waals surface area contributed by atoms with Gasteiger partial charge in [-0.2, -0.15) is 0 Å². The highest BCUT2D eigenvalue weighted by atomic mass is 32.2. The maximum Gasteiger partial charge on any atom is 0.310 e. The largest absolute Gasteiger partial charge is 0.465 e. The molecule has 45 heavy (non-hydrogen) atoms. The first-order valence-electron chi connectivity index (χ1n) is 16.9. The van der Waals surface area contributed by atoms with Crippen LogP contribution >= 0.6 is 11.8 Å². The van der Waals surface area contributed by atoms with E-state index in [0.717, 1.165) is 75.8 Å². The fourth-order valence-electron chi connectivity index (χ4n) is 7.75. The van der Waals surface area contributed by atoms with Crippen molar-refractivity contribution >= 4 is 40.9 Å². The predicted molar refractivity (Wildman–Crippen MR) is 183 cm³/mol. The number of benzene rings is 1. The van der Waals surface area contributed by atoms with E-state index >= 15 is 0 Å². The Morgan fingerprint density at radius 1 is 1.04 bits per heavy atom. The molecule has 3 unspecified atom stereocenters. The summed E-state index contributed by atoms with van der Waals surface area (Å²) in [4.78, 5) is 48.7. The van der Waals surface area contributed by atoms with E-state index in [0.29, 0.717) is 19.7 Å². The number of anilines is 2. The summed E-state index contributed by atoms with van der Waals surface area (Å²) in [6.45, 7) is 17.1. The van der Waals surface area contributed by atoms with Gasteiger partial charge >= 0.3 is 5.97 Å². The molecule has 8 nitrogen and oxygen atoms in total. The van der Waals surface area contributed by atoms with Crippen molar-refractivity contribution in [2.24, 2.45) is 17.8 Å². The minimum atomic E-state index is -0.697. The normalized spacial score (nSPS) is 26.5. The van der Waals surface area contributed by atoms with Crippen LogP contribution in [0, 0.1) is 17.8 Å². The minimum absolute atomic E-state index is 0.0437. The molecular formula is C36H53N3O5S. The molecule has 6 atom stereocenters. The topological polar surface area (TPSA) is 90.4 Å². The molecule has 4 rings (SSSR count). The lowest BCUT2D eigenvalue weighted by Crippen LogP contribution is -2.57. The number of allylic oxidation sites excluding steroid dienone is 1. The molecule has 248 valence electrons. The standard InChI is InChI=1S/C36H53N3O5S/c1-6-10-11-16-24-44-35(43)30-29-25-26(5)36(45-29)31(30)33(41)39(22-14-12-13-15-23-40)32(36)34(42)38(21-7-2)28-19-17-27(18-20-28)37(8-3)9-4/h6-7,17-20,26,29-32,40H,1-2,8-16,21-25H2,3-5H3/t26?,29-,30+,31+,32?,36?/m1/s1. The molecule has 0 radical (unpaired) electrons. The van der Waals surface area contributed by atoms with E-state index in [1.54, 1.807) is 27.6 Å². The quantitative estimate of drug-likeness (QED) is 0.116. The number of esters is 1. The number of fused-ring (bicyclic) bond motifs is 1. The van der Waals surface area contributed by atoms with Crippen molar-refractivity contribution in [2.75, 3.05) is 49.2 Å². The maximum absolute atomic E-state index is 14.9. The van der Waals surface area contributed by atoms with Crippen molar-refractivity contribution in [1.29, 1.82) is 0 Å². The lowest BCUT2D eigenvalue weighted by atomic mass is 9.66. The number of carbonyl (C=O) groups is 3. The molecule has 0 aromatic heterocycles. The number of carbonyl (C=O) groups excluding carboxylic acids is 3. The van der Waals surface area contributed by atoms with Crippen molar-refractivity contribution in [3.8, 4) is 0 Å². The van der Waals surface area contributed by atoms with Gasteiger partial charge in [-0.1, -0.05) is 31.9 Å². The number of unbranched alkanes of at least 4 members (excludes halogenated alkanes) is 5. The monoisotopic (exact) mass is 639 g/mol. The Hall–Kier alpha value is -2.78. The Morgan fingerprint density at radius 3 is 2.38 bits per heavy atom. The molecule has 3 fully saturated rings. The lowest BCUT2D eigenvalue weighted by Gasteiger charge is -2.40. The number of aliphatic hydroxyl groups excluding tert-OH is 1. The summed E-state index contributed by atoms with van der Waals surface area (Å²) in [5.41, 5.74) is 1.87. The van der Waals surface area contributed by atoms with Gasteiger partial charge in [0.2, 0.25) is 5.91 Å².